The van der Waals surface area contributed by atoms with Crippen molar-refractivity contribution >= 4 is 17.8 Å². The van der Waals surface area contributed by atoms with Gasteiger partial charge in [-0.2, -0.15) is 13.2 Å². The fraction of sp³-hybridized carbons (Fsp3) is 0.364. The van der Waals surface area contributed by atoms with Gasteiger partial charge in [-0.05, 0) is 48.7 Å². The Balaban J connectivity index is 0.000000383. The summed E-state index contributed by atoms with van der Waals surface area (Å²) in [6.07, 6.45) is -0.147. The summed E-state index contributed by atoms with van der Waals surface area (Å²) in [6, 6.07) is 9.39. The van der Waals surface area contributed by atoms with Gasteiger partial charge >= 0.3 is 12.1 Å². The average Bonchev–Trinajstić information content (AvgIpc) is 3.34. The summed E-state index contributed by atoms with van der Waals surface area (Å²) < 4.78 is 44.8. The fourth-order valence-corrected chi connectivity index (χ4v) is 3.96. The van der Waals surface area contributed by atoms with Crippen LogP contribution in [0.25, 0.3) is 0 Å². The van der Waals surface area contributed by atoms with Crippen molar-refractivity contribution in [1.82, 2.24) is 14.8 Å². The molecule has 2 aromatic rings. The molecule has 1 spiro atoms. The van der Waals surface area contributed by atoms with Crippen molar-refractivity contribution in [3.63, 3.8) is 0 Å². The maximum Gasteiger partial charge on any atom is 0.490 e. The van der Waals surface area contributed by atoms with Crippen LogP contribution in [0.15, 0.2) is 48.8 Å². The van der Waals surface area contributed by atoms with Gasteiger partial charge in [0.2, 0.25) is 5.91 Å². The van der Waals surface area contributed by atoms with E-state index >= 15 is 0 Å². The summed E-state index contributed by atoms with van der Waals surface area (Å²) >= 11 is 0. The Hall–Kier alpha value is -3.50. The highest BCUT2D eigenvalue weighted by Crippen LogP contribution is 2.41. The molecule has 2 amide bonds. The number of hydrogen-bond donors (Lipinski definition) is 1. The Bertz CT molecular complexity index is 1010. The molecule has 11 heteroatoms. The standard InChI is InChI=1S/C20H20FN3O2.C2HF3O2/c21-17-5-3-16(4-6-17)18(25)24-11-8-20(14-24)7-10-23(19(20)26)13-15-2-1-9-22-12-15;3-2(4,5)1(6)7/h1-6,9,12H,7-8,10-11,13-14H2;(H,6,7). The zero-order valence-electron chi connectivity index (χ0n) is 17.4. The lowest BCUT2D eigenvalue weighted by molar-refractivity contribution is -0.192. The van der Waals surface area contributed by atoms with Crippen LogP contribution in [0, 0.1) is 11.2 Å². The van der Waals surface area contributed by atoms with E-state index in [1.54, 1.807) is 17.3 Å². The monoisotopic (exact) mass is 467 g/mol. The molecule has 1 unspecified atom stereocenters. The molecule has 1 N–H and O–H groups in total. The largest absolute Gasteiger partial charge is 0.490 e. The summed E-state index contributed by atoms with van der Waals surface area (Å²) in [5.41, 5.74) is 0.994. The molecule has 0 radical (unpaired) electrons. The van der Waals surface area contributed by atoms with Crippen molar-refractivity contribution in [3.05, 3.63) is 65.7 Å². The number of aromatic nitrogens is 1. The minimum Gasteiger partial charge on any atom is -0.475 e. The van der Waals surface area contributed by atoms with Crippen molar-refractivity contribution in [1.29, 1.82) is 0 Å². The summed E-state index contributed by atoms with van der Waals surface area (Å²) in [6.45, 7) is 2.25. The fourth-order valence-electron chi connectivity index (χ4n) is 3.96. The molecule has 2 aliphatic rings. The number of carbonyl (C=O) groups excluding carboxylic acids is 2. The van der Waals surface area contributed by atoms with E-state index < -0.39 is 17.6 Å². The van der Waals surface area contributed by atoms with E-state index in [0.717, 1.165) is 12.0 Å². The number of amides is 2. The summed E-state index contributed by atoms with van der Waals surface area (Å²) in [5, 5.41) is 7.12. The zero-order chi connectivity index (χ0) is 24.2. The number of halogens is 4. The lowest BCUT2D eigenvalue weighted by Crippen LogP contribution is -2.38. The van der Waals surface area contributed by atoms with Gasteiger partial charge in [0.15, 0.2) is 0 Å². The van der Waals surface area contributed by atoms with E-state index in [1.807, 2.05) is 17.0 Å². The van der Waals surface area contributed by atoms with Crippen LogP contribution in [-0.2, 0) is 16.1 Å². The molecular weight excluding hydrogens is 446 g/mol. The third kappa shape index (κ3) is 5.65. The minimum atomic E-state index is -5.08. The molecule has 0 bridgehead atoms. The first-order valence-corrected chi connectivity index (χ1v) is 10.1. The van der Waals surface area contributed by atoms with E-state index in [-0.39, 0.29) is 17.6 Å². The Morgan fingerprint density at radius 2 is 1.73 bits per heavy atom. The maximum absolute atomic E-state index is 13.1. The smallest absolute Gasteiger partial charge is 0.475 e. The van der Waals surface area contributed by atoms with E-state index in [2.05, 4.69) is 4.98 Å². The molecule has 1 aromatic heterocycles. The van der Waals surface area contributed by atoms with Crippen LogP contribution in [0.1, 0.15) is 28.8 Å². The Labute approximate surface area is 186 Å². The van der Waals surface area contributed by atoms with Crippen molar-refractivity contribution in [3.8, 4) is 0 Å². The van der Waals surface area contributed by atoms with E-state index in [1.165, 1.54) is 24.3 Å². The zero-order valence-corrected chi connectivity index (χ0v) is 17.4. The molecule has 2 aliphatic heterocycles. The topological polar surface area (TPSA) is 90.8 Å². The minimum absolute atomic E-state index is 0.121. The van der Waals surface area contributed by atoms with Crippen LogP contribution in [0.3, 0.4) is 0 Å². The molecule has 2 fully saturated rings. The molecule has 4 rings (SSSR count). The Morgan fingerprint density at radius 1 is 1.09 bits per heavy atom. The van der Waals surface area contributed by atoms with Crippen LogP contribution >= 0.6 is 0 Å². The molecule has 33 heavy (non-hydrogen) atoms. The number of alkyl halides is 3. The second-order valence-electron chi connectivity index (χ2n) is 7.90. The van der Waals surface area contributed by atoms with Crippen molar-refractivity contribution < 1.29 is 37.1 Å². The second-order valence-corrected chi connectivity index (χ2v) is 7.90. The molecule has 1 atom stereocenters. The summed E-state index contributed by atoms with van der Waals surface area (Å²) in [5.74, 6) is -3.14. The lowest BCUT2D eigenvalue weighted by Gasteiger charge is -2.23. The molecule has 1 aromatic carbocycles. The van der Waals surface area contributed by atoms with Gasteiger partial charge in [0.05, 0.1) is 5.41 Å². The van der Waals surface area contributed by atoms with Gasteiger partial charge in [-0.1, -0.05) is 6.07 Å². The maximum atomic E-state index is 13.1. The normalized spacial score (nSPS) is 20.1. The number of benzene rings is 1. The summed E-state index contributed by atoms with van der Waals surface area (Å²) in [4.78, 5) is 42.2. The lowest BCUT2D eigenvalue weighted by atomic mass is 9.85. The number of rotatable bonds is 3. The number of carboxylic acids is 1. The van der Waals surface area contributed by atoms with E-state index in [4.69, 9.17) is 9.90 Å². The molecule has 176 valence electrons. The quantitative estimate of drug-likeness (QED) is 0.701. The van der Waals surface area contributed by atoms with Crippen LogP contribution in [0.4, 0.5) is 17.6 Å². The molecule has 7 nitrogen and oxygen atoms in total. The number of carboxylic acid groups (broad SMARTS) is 1. The molecule has 3 heterocycles. The Morgan fingerprint density at radius 3 is 2.30 bits per heavy atom. The van der Waals surface area contributed by atoms with Gasteiger partial charge in [0, 0.05) is 44.1 Å². The van der Waals surface area contributed by atoms with Crippen LogP contribution in [-0.4, -0.2) is 63.5 Å². The highest BCUT2D eigenvalue weighted by atomic mass is 19.4. The van der Waals surface area contributed by atoms with Crippen molar-refractivity contribution in [2.75, 3.05) is 19.6 Å². The van der Waals surface area contributed by atoms with Gasteiger partial charge < -0.3 is 14.9 Å². The van der Waals surface area contributed by atoms with Crippen molar-refractivity contribution in [2.45, 2.75) is 25.6 Å². The van der Waals surface area contributed by atoms with Gasteiger partial charge in [0.1, 0.15) is 5.82 Å². The number of hydrogen-bond acceptors (Lipinski definition) is 4. The number of nitrogens with zero attached hydrogens (tertiary/aromatic N) is 3. The first-order chi connectivity index (χ1) is 15.5. The third-order valence-electron chi connectivity index (χ3n) is 5.67. The SMILES string of the molecule is O=C(O)C(F)(F)F.O=C(c1ccc(F)cc1)N1CCC2(CCN(Cc3cccnc3)C2=O)C1. The molecule has 0 aliphatic carbocycles. The first-order valence-electron chi connectivity index (χ1n) is 10.1. The van der Waals surface area contributed by atoms with Crippen LogP contribution in [0.2, 0.25) is 0 Å². The molecule has 2 saturated heterocycles. The van der Waals surface area contributed by atoms with Gasteiger partial charge in [-0.3, -0.25) is 14.6 Å². The Kier molecular flexibility index (Phi) is 6.99. The average molecular weight is 467 g/mol. The number of likely N-dealkylation sites (tertiary alicyclic amines) is 2. The number of aliphatic carboxylic acids is 1. The number of carbonyl (C=O) groups is 3. The highest BCUT2D eigenvalue weighted by molar-refractivity contribution is 5.95. The predicted octanol–water partition coefficient (Wildman–Crippen LogP) is 3.12. The second kappa shape index (κ2) is 9.55. The van der Waals surface area contributed by atoms with E-state index in [0.29, 0.717) is 38.2 Å². The van der Waals surface area contributed by atoms with Crippen molar-refractivity contribution in [2.24, 2.45) is 5.41 Å². The summed E-state index contributed by atoms with van der Waals surface area (Å²) in [7, 11) is 0. The number of pyridine rings is 1. The van der Waals surface area contributed by atoms with Gasteiger partial charge in [-0.25, -0.2) is 9.18 Å². The molecular formula is C22H21F4N3O4. The highest BCUT2D eigenvalue weighted by Gasteiger charge is 2.51. The van der Waals surface area contributed by atoms with Gasteiger partial charge in [-0.15, -0.1) is 0 Å². The molecule has 0 saturated carbocycles. The van der Waals surface area contributed by atoms with E-state index in [9.17, 15) is 27.2 Å². The van der Waals surface area contributed by atoms with Crippen LogP contribution in [0.5, 0.6) is 0 Å². The first kappa shape index (κ1) is 24.1. The third-order valence-corrected chi connectivity index (χ3v) is 5.67. The van der Waals surface area contributed by atoms with Crippen LogP contribution < -0.4 is 0 Å². The predicted molar refractivity (Wildman–Crippen MR) is 107 cm³/mol. The van der Waals surface area contributed by atoms with Gasteiger partial charge in [0.25, 0.3) is 5.91 Å².